The van der Waals surface area contributed by atoms with E-state index in [2.05, 4.69) is 66.1 Å². The lowest BCUT2D eigenvalue weighted by atomic mass is 9.99. The van der Waals surface area contributed by atoms with Gasteiger partial charge in [-0.05, 0) is 60.4 Å². The molecule has 0 N–H and O–H groups in total. The van der Waals surface area contributed by atoms with Gasteiger partial charge in [0.05, 0.1) is 23.3 Å². The van der Waals surface area contributed by atoms with Crippen molar-refractivity contribution in [2.24, 2.45) is 0 Å². The van der Waals surface area contributed by atoms with E-state index >= 15 is 0 Å². The van der Waals surface area contributed by atoms with Crippen LogP contribution in [0.2, 0.25) is 0 Å². The number of unbranched alkanes of at least 4 members (excludes halogenated alkanes) is 5. The summed E-state index contributed by atoms with van der Waals surface area (Å²) in [6.45, 7) is 5.16. The van der Waals surface area contributed by atoms with E-state index in [0.717, 1.165) is 23.2 Å². The Morgan fingerprint density at radius 1 is 0.765 bits per heavy atom. The standard InChI is InChI=1S/C31H31N3/c1-3-4-5-6-7-10-17-34-30-12-9-8-11-28(30)29-19-24(14-16-31(29)34)13-15-25-20-26(21-32)23(2)18-27(25)22-33/h8-9,11-16,18-20H,3-7,10,17H2,1-2H3/b15-13+. The smallest absolute Gasteiger partial charge is 0.0998 e. The van der Waals surface area contributed by atoms with Gasteiger partial charge in [-0.3, -0.25) is 0 Å². The van der Waals surface area contributed by atoms with Crippen molar-refractivity contribution >= 4 is 34.0 Å². The van der Waals surface area contributed by atoms with Crippen LogP contribution in [0.5, 0.6) is 0 Å². The van der Waals surface area contributed by atoms with E-state index in [1.54, 1.807) is 12.1 Å². The summed E-state index contributed by atoms with van der Waals surface area (Å²) in [5.74, 6) is 0. The fourth-order valence-electron chi connectivity index (χ4n) is 4.73. The number of rotatable bonds is 9. The van der Waals surface area contributed by atoms with Gasteiger partial charge in [-0.2, -0.15) is 10.5 Å². The average molecular weight is 446 g/mol. The van der Waals surface area contributed by atoms with E-state index in [-0.39, 0.29) is 0 Å². The Morgan fingerprint density at radius 2 is 1.50 bits per heavy atom. The quantitative estimate of drug-likeness (QED) is 0.192. The molecule has 3 nitrogen and oxygen atoms in total. The second kappa shape index (κ2) is 10.9. The van der Waals surface area contributed by atoms with Crippen LogP contribution in [0.25, 0.3) is 34.0 Å². The first-order valence-electron chi connectivity index (χ1n) is 12.3. The van der Waals surface area contributed by atoms with Gasteiger partial charge in [-0.25, -0.2) is 0 Å². The van der Waals surface area contributed by atoms with E-state index in [1.807, 2.05) is 19.1 Å². The van der Waals surface area contributed by atoms with Crippen molar-refractivity contribution in [2.75, 3.05) is 0 Å². The lowest BCUT2D eigenvalue weighted by Gasteiger charge is -2.08. The van der Waals surface area contributed by atoms with E-state index in [1.165, 1.54) is 60.3 Å². The van der Waals surface area contributed by atoms with Gasteiger partial charge in [0.1, 0.15) is 0 Å². The third-order valence-corrected chi connectivity index (χ3v) is 6.62. The van der Waals surface area contributed by atoms with Gasteiger partial charge >= 0.3 is 0 Å². The number of fused-ring (bicyclic) bond motifs is 3. The number of hydrogen-bond donors (Lipinski definition) is 0. The molecule has 0 saturated heterocycles. The minimum absolute atomic E-state index is 0.587. The number of nitrogens with zero attached hydrogens (tertiary/aromatic N) is 3. The van der Waals surface area contributed by atoms with Gasteiger partial charge in [0.15, 0.2) is 0 Å². The monoisotopic (exact) mass is 445 g/mol. The van der Waals surface area contributed by atoms with Crippen LogP contribution in [-0.2, 0) is 6.54 Å². The number of benzene rings is 3. The summed E-state index contributed by atoms with van der Waals surface area (Å²) in [5.41, 5.74) is 6.43. The zero-order valence-electron chi connectivity index (χ0n) is 20.1. The van der Waals surface area contributed by atoms with Crippen LogP contribution in [0.15, 0.2) is 54.6 Å². The van der Waals surface area contributed by atoms with Gasteiger partial charge in [-0.1, -0.05) is 75.4 Å². The third-order valence-electron chi connectivity index (χ3n) is 6.62. The number of nitriles is 2. The summed E-state index contributed by atoms with van der Waals surface area (Å²) in [6, 6.07) is 23.3. The first kappa shape index (κ1) is 23.3. The summed E-state index contributed by atoms with van der Waals surface area (Å²) in [7, 11) is 0. The molecular formula is C31H31N3. The Balaban J connectivity index is 1.64. The fraction of sp³-hybridized carbons (Fsp3) is 0.290. The molecule has 0 bridgehead atoms. The van der Waals surface area contributed by atoms with Crippen molar-refractivity contribution in [2.45, 2.75) is 58.9 Å². The second-order valence-electron chi connectivity index (χ2n) is 9.02. The molecule has 1 aromatic heterocycles. The van der Waals surface area contributed by atoms with Crippen LogP contribution < -0.4 is 0 Å². The molecule has 0 unspecified atom stereocenters. The minimum Gasteiger partial charge on any atom is -0.340 e. The number of hydrogen-bond acceptors (Lipinski definition) is 2. The van der Waals surface area contributed by atoms with Gasteiger partial charge in [0.25, 0.3) is 0 Å². The number of aromatic nitrogens is 1. The van der Waals surface area contributed by atoms with E-state index in [4.69, 9.17) is 0 Å². The molecular weight excluding hydrogens is 414 g/mol. The largest absolute Gasteiger partial charge is 0.340 e. The first-order valence-corrected chi connectivity index (χ1v) is 12.3. The van der Waals surface area contributed by atoms with Crippen molar-refractivity contribution in [3.8, 4) is 12.1 Å². The lowest BCUT2D eigenvalue weighted by Crippen LogP contribution is -1.97. The molecule has 0 saturated carbocycles. The van der Waals surface area contributed by atoms with Crippen molar-refractivity contribution in [1.29, 1.82) is 10.5 Å². The molecule has 4 rings (SSSR count). The van der Waals surface area contributed by atoms with Gasteiger partial charge < -0.3 is 4.57 Å². The van der Waals surface area contributed by atoms with Gasteiger partial charge in [-0.15, -0.1) is 0 Å². The predicted octanol–water partition coefficient (Wildman–Crippen LogP) is 8.38. The summed E-state index contributed by atoms with van der Waals surface area (Å²) in [6.07, 6.45) is 11.7. The van der Waals surface area contributed by atoms with Crippen LogP contribution in [0, 0.1) is 29.6 Å². The summed E-state index contributed by atoms with van der Waals surface area (Å²) >= 11 is 0. The molecule has 0 aliphatic carbocycles. The van der Waals surface area contributed by atoms with E-state index in [0.29, 0.717) is 11.1 Å². The molecule has 3 heteroatoms. The molecule has 0 aliphatic heterocycles. The highest BCUT2D eigenvalue weighted by molar-refractivity contribution is 6.08. The molecule has 0 amide bonds. The van der Waals surface area contributed by atoms with Crippen LogP contribution in [-0.4, -0.2) is 4.57 Å². The predicted molar refractivity (Wildman–Crippen MR) is 142 cm³/mol. The third kappa shape index (κ3) is 4.90. The van der Waals surface area contributed by atoms with Crippen LogP contribution >= 0.6 is 0 Å². The van der Waals surface area contributed by atoms with Crippen molar-refractivity contribution in [3.63, 3.8) is 0 Å². The maximum Gasteiger partial charge on any atom is 0.0998 e. The molecule has 4 aromatic rings. The molecule has 0 spiro atoms. The van der Waals surface area contributed by atoms with Gasteiger partial charge in [0.2, 0.25) is 0 Å². The first-order chi connectivity index (χ1) is 16.7. The Hall–Kier alpha value is -3.82. The van der Waals surface area contributed by atoms with E-state index in [9.17, 15) is 10.5 Å². The zero-order valence-corrected chi connectivity index (χ0v) is 20.1. The molecule has 0 aliphatic rings. The minimum atomic E-state index is 0.587. The van der Waals surface area contributed by atoms with Crippen molar-refractivity contribution in [3.05, 3.63) is 82.4 Å². The molecule has 34 heavy (non-hydrogen) atoms. The number of aryl methyl sites for hydroxylation is 2. The lowest BCUT2D eigenvalue weighted by molar-refractivity contribution is 0.571. The highest BCUT2D eigenvalue weighted by atomic mass is 15.0. The van der Waals surface area contributed by atoms with Crippen LogP contribution in [0.4, 0.5) is 0 Å². The zero-order chi connectivity index (χ0) is 23.9. The maximum atomic E-state index is 9.53. The fourth-order valence-corrected chi connectivity index (χ4v) is 4.73. The number of para-hydroxylation sites is 1. The Bertz CT molecular complexity index is 1420. The highest BCUT2D eigenvalue weighted by Gasteiger charge is 2.11. The summed E-state index contributed by atoms with van der Waals surface area (Å²) < 4.78 is 2.46. The highest BCUT2D eigenvalue weighted by Crippen LogP contribution is 2.31. The molecule has 0 atom stereocenters. The Morgan fingerprint density at radius 3 is 2.29 bits per heavy atom. The van der Waals surface area contributed by atoms with Crippen LogP contribution in [0.3, 0.4) is 0 Å². The topological polar surface area (TPSA) is 52.5 Å². The van der Waals surface area contributed by atoms with Crippen LogP contribution in [0.1, 0.15) is 73.3 Å². The molecule has 170 valence electrons. The van der Waals surface area contributed by atoms with E-state index < -0.39 is 0 Å². The molecule has 1 heterocycles. The summed E-state index contributed by atoms with van der Waals surface area (Å²) in [4.78, 5) is 0. The van der Waals surface area contributed by atoms with Crippen molar-refractivity contribution in [1.82, 2.24) is 4.57 Å². The SMILES string of the molecule is CCCCCCCCn1c2ccccc2c2cc(/C=C/c3cc(C#N)c(C)cc3C#N)ccc21. The molecule has 0 fully saturated rings. The summed E-state index contributed by atoms with van der Waals surface area (Å²) in [5, 5.41) is 21.4. The second-order valence-corrected chi connectivity index (χ2v) is 9.02. The van der Waals surface area contributed by atoms with Crippen molar-refractivity contribution < 1.29 is 0 Å². The Kier molecular flexibility index (Phi) is 7.46. The maximum absolute atomic E-state index is 9.53. The van der Waals surface area contributed by atoms with Gasteiger partial charge in [0, 0.05) is 28.4 Å². The Labute approximate surface area is 202 Å². The normalized spacial score (nSPS) is 11.3. The molecule has 3 aromatic carbocycles. The molecule has 0 radical (unpaired) electrons. The average Bonchev–Trinajstić information content (AvgIpc) is 3.18.